The van der Waals surface area contributed by atoms with Crippen LogP contribution in [-0.4, -0.2) is 26.3 Å². The first-order valence-electron chi connectivity index (χ1n) is 11.5. The normalized spacial score (nSPS) is 11.4. The first-order valence-corrected chi connectivity index (χ1v) is 11.5. The third-order valence-corrected chi connectivity index (χ3v) is 5.49. The molecule has 0 aliphatic rings. The van der Waals surface area contributed by atoms with E-state index in [9.17, 15) is 4.79 Å². The van der Waals surface area contributed by atoms with Crippen molar-refractivity contribution < 1.29 is 23.4 Å². The SMILES string of the molecule is C=CC(=O)OCC(C)(C)COc1ccc2cc(-c3ccc(CCCCC)cc3OC)oc2c1. The zero-order valence-corrected chi connectivity index (χ0v) is 20.1. The van der Waals surface area contributed by atoms with Crippen LogP contribution >= 0.6 is 0 Å². The Hall–Kier alpha value is -3.21. The number of hydrogen-bond acceptors (Lipinski definition) is 5. The molecule has 2 aromatic carbocycles. The molecule has 3 rings (SSSR count). The molecular formula is C28H34O5. The third-order valence-electron chi connectivity index (χ3n) is 5.49. The van der Waals surface area contributed by atoms with Gasteiger partial charge in [0.05, 0.1) is 25.9 Å². The standard InChI is InChI=1S/C28H34O5/c1-6-8-9-10-20-11-14-23(25(15-20)30-5)26-16-21-12-13-22(17-24(21)33-26)31-18-28(3,4)19-32-27(29)7-2/h7,11-17H,2,6,8-10,18-19H2,1,3-5H3. The summed E-state index contributed by atoms with van der Waals surface area (Å²) in [5.41, 5.74) is 2.61. The van der Waals surface area contributed by atoms with Crippen LogP contribution in [0.3, 0.4) is 0 Å². The molecule has 0 atom stereocenters. The maximum atomic E-state index is 11.3. The van der Waals surface area contributed by atoms with Crippen LogP contribution < -0.4 is 9.47 Å². The first kappa shape index (κ1) is 24.4. The number of ether oxygens (including phenoxy) is 3. The van der Waals surface area contributed by atoms with Gasteiger partial charge in [0.1, 0.15) is 22.8 Å². The topological polar surface area (TPSA) is 57.9 Å². The molecule has 176 valence electrons. The van der Waals surface area contributed by atoms with Crippen molar-refractivity contribution in [2.24, 2.45) is 5.41 Å². The Morgan fingerprint density at radius 1 is 1.09 bits per heavy atom. The van der Waals surface area contributed by atoms with Crippen molar-refractivity contribution in [1.29, 1.82) is 0 Å². The van der Waals surface area contributed by atoms with Crippen molar-refractivity contribution in [3.05, 3.63) is 60.7 Å². The minimum atomic E-state index is -0.433. The number of esters is 1. The maximum Gasteiger partial charge on any atom is 0.330 e. The Morgan fingerprint density at radius 3 is 2.64 bits per heavy atom. The number of methoxy groups -OCH3 is 1. The highest BCUT2D eigenvalue weighted by molar-refractivity contribution is 5.85. The average molecular weight is 451 g/mol. The van der Waals surface area contributed by atoms with Crippen LogP contribution in [0.5, 0.6) is 11.5 Å². The van der Waals surface area contributed by atoms with Crippen molar-refractivity contribution in [2.75, 3.05) is 20.3 Å². The summed E-state index contributed by atoms with van der Waals surface area (Å²) in [5.74, 6) is 1.84. The van der Waals surface area contributed by atoms with Gasteiger partial charge in [-0.2, -0.15) is 0 Å². The Kier molecular flexibility index (Phi) is 8.21. The summed E-state index contributed by atoms with van der Waals surface area (Å²) in [7, 11) is 1.69. The average Bonchev–Trinajstić information content (AvgIpc) is 3.24. The summed E-state index contributed by atoms with van der Waals surface area (Å²) >= 11 is 0. The summed E-state index contributed by atoms with van der Waals surface area (Å²) in [6.07, 6.45) is 5.83. The molecule has 0 aliphatic heterocycles. The van der Waals surface area contributed by atoms with E-state index in [-0.39, 0.29) is 12.0 Å². The molecular weight excluding hydrogens is 416 g/mol. The van der Waals surface area contributed by atoms with Gasteiger partial charge >= 0.3 is 5.97 Å². The summed E-state index contributed by atoms with van der Waals surface area (Å²) in [6.45, 7) is 10.2. The maximum absolute atomic E-state index is 11.3. The highest BCUT2D eigenvalue weighted by atomic mass is 16.5. The van der Waals surface area contributed by atoms with E-state index in [0.29, 0.717) is 12.4 Å². The molecule has 0 bridgehead atoms. The second-order valence-corrected chi connectivity index (χ2v) is 9.07. The Balaban J connectivity index is 1.73. The number of hydrogen-bond donors (Lipinski definition) is 0. The van der Waals surface area contributed by atoms with Gasteiger partial charge in [-0.3, -0.25) is 0 Å². The molecule has 0 saturated heterocycles. The quantitative estimate of drug-likeness (QED) is 0.169. The van der Waals surface area contributed by atoms with Gasteiger partial charge in [0, 0.05) is 22.9 Å². The van der Waals surface area contributed by atoms with Gasteiger partial charge in [-0.1, -0.05) is 46.3 Å². The van der Waals surface area contributed by atoms with Crippen LogP contribution in [0.1, 0.15) is 45.6 Å². The monoisotopic (exact) mass is 450 g/mol. The van der Waals surface area contributed by atoms with Crippen LogP contribution in [0.4, 0.5) is 0 Å². The largest absolute Gasteiger partial charge is 0.496 e. The number of benzene rings is 2. The van der Waals surface area contributed by atoms with E-state index < -0.39 is 5.97 Å². The van der Waals surface area contributed by atoms with Crippen molar-refractivity contribution in [2.45, 2.75) is 46.5 Å². The number of carbonyl (C=O) groups is 1. The number of aryl methyl sites for hydroxylation is 1. The van der Waals surface area contributed by atoms with Crippen LogP contribution in [-0.2, 0) is 16.0 Å². The number of carbonyl (C=O) groups excluding carboxylic acids is 1. The lowest BCUT2D eigenvalue weighted by Crippen LogP contribution is -2.28. The van der Waals surface area contributed by atoms with Gasteiger partial charge in [-0.05, 0) is 48.7 Å². The molecule has 0 radical (unpaired) electrons. The fourth-order valence-corrected chi connectivity index (χ4v) is 3.55. The van der Waals surface area contributed by atoms with E-state index in [4.69, 9.17) is 18.6 Å². The molecule has 0 saturated carbocycles. The number of rotatable bonds is 12. The fourth-order valence-electron chi connectivity index (χ4n) is 3.55. The molecule has 0 spiro atoms. The second kappa shape index (κ2) is 11.1. The third kappa shape index (κ3) is 6.64. The fraction of sp³-hybridized carbons (Fsp3) is 0.393. The van der Waals surface area contributed by atoms with E-state index >= 15 is 0 Å². The van der Waals surface area contributed by atoms with Crippen molar-refractivity contribution >= 4 is 16.9 Å². The van der Waals surface area contributed by atoms with E-state index in [1.807, 2.05) is 38.1 Å². The summed E-state index contributed by atoms with van der Waals surface area (Å²) in [6, 6.07) is 14.1. The Morgan fingerprint density at radius 2 is 1.91 bits per heavy atom. The Labute approximate surface area is 196 Å². The van der Waals surface area contributed by atoms with Gasteiger partial charge in [-0.25, -0.2) is 4.79 Å². The molecule has 0 N–H and O–H groups in total. The predicted octanol–water partition coefficient (Wildman–Crippen LogP) is 6.98. The van der Waals surface area contributed by atoms with E-state index in [1.54, 1.807) is 7.11 Å². The molecule has 1 aromatic heterocycles. The van der Waals surface area contributed by atoms with Crippen LogP contribution in [0.2, 0.25) is 0 Å². The molecule has 33 heavy (non-hydrogen) atoms. The molecule has 0 aliphatic carbocycles. The van der Waals surface area contributed by atoms with Crippen molar-refractivity contribution in [3.8, 4) is 22.8 Å². The number of furan rings is 1. The van der Waals surface area contributed by atoms with Gasteiger partial charge < -0.3 is 18.6 Å². The molecule has 0 unspecified atom stereocenters. The minimum absolute atomic E-state index is 0.249. The smallest absolute Gasteiger partial charge is 0.330 e. The van der Waals surface area contributed by atoms with Crippen LogP contribution in [0.15, 0.2) is 59.5 Å². The molecule has 0 amide bonds. The van der Waals surface area contributed by atoms with Gasteiger partial charge in [0.2, 0.25) is 0 Å². The zero-order valence-electron chi connectivity index (χ0n) is 20.1. The highest BCUT2D eigenvalue weighted by Gasteiger charge is 2.21. The van der Waals surface area contributed by atoms with Gasteiger partial charge in [0.15, 0.2) is 0 Å². The Bertz CT molecular complexity index is 1090. The van der Waals surface area contributed by atoms with E-state index in [2.05, 4.69) is 31.7 Å². The molecule has 1 heterocycles. The summed E-state index contributed by atoms with van der Waals surface area (Å²) < 4.78 is 22.9. The van der Waals surface area contributed by atoms with Crippen molar-refractivity contribution in [3.63, 3.8) is 0 Å². The second-order valence-electron chi connectivity index (χ2n) is 9.07. The molecule has 5 nitrogen and oxygen atoms in total. The summed E-state index contributed by atoms with van der Waals surface area (Å²) in [5, 5.41) is 0.991. The molecule has 5 heteroatoms. The van der Waals surface area contributed by atoms with Crippen LogP contribution in [0.25, 0.3) is 22.3 Å². The predicted molar refractivity (Wildman–Crippen MR) is 132 cm³/mol. The lowest BCUT2D eigenvalue weighted by molar-refractivity contribution is -0.141. The van der Waals surface area contributed by atoms with Gasteiger partial charge in [-0.15, -0.1) is 0 Å². The highest BCUT2D eigenvalue weighted by Crippen LogP contribution is 2.36. The van der Waals surface area contributed by atoms with Crippen molar-refractivity contribution in [1.82, 2.24) is 0 Å². The number of unbranched alkanes of at least 4 members (excludes halogenated alkanes) is 2. The van der Waals surface area contributed by atoms with E-state index in [1.165, 1.54) is 24.8 Å². The number of fused-ring (bicyclic) bond motifs is 1. The van der Waals surface area contributed by atoms with E-state index in [0.717, 1.165) is 40.5 Å². The van der Waals surface area contributed by atoms with Gasteiger partial charge in [0.25, 0.3) is 0 Å². The molecule has 0 fully saturated rings. The first-order chi connectivity index (χ1) is 15.8. The van der Waals surface area contributed by atoms with Crippen LogP contribution in [0, 0.1) is 5.41 Å². The summed E-state index contributed by atoms with van der Waals surface area (Å²) in [4.78, 5) is 11.3. The zero-order chi connectivity index (χ0) is 23.8. The minimum Gasteiger partial charge on any atom is -0.496 e. The lowest BCUT2D eigenvalue weighted by Gasteiger charge is -2.23. The lowest BCUT2D eigenvalue weighted by atomic mass is 9.96. The molecule has 3 aromatic rings.